The Hall–Kier alpha value is -2.41. The summed E-state index contributed by atoms with van der Waals surface area (Å²) in [6, 6.07) is 6.35. The van der Waals surface area contributed by atoms with Gasteiger partial charge in [-0.2, -0.15) is 26.3 Å². The number of likely N-dealkylation sites (N-methyl/N-ethyl adjacent to an activating group) is 1. The number of hydrogen-bond acceptors (Lipinski definition) is 5. The van der Waals surface area contributed by atoms with Gasteiger partial charge in [0.15, 0.2) is 0 Å². The highest BCUT2D eigenvalue weighted by atomic mass is 19.4. The number of piperidine rings is 1. The van der Waals surface area contributed by atoms with E-state index >= 15 is 0 Å². The van der Waals surface area contributed by atoms with Crippen molar-refractivity contribution in [1.82, 2.24) is 10.2 Å². The summed E-state index contributed by atoms with van der Waals surface area (Å²) in [6.45, 7) is 0.826. The number of nitrogens with zero attached hydrogens (tertiary/aromatic N) is 1. The van der Waals surface area contributed by atoms with Gasteiger partial charge in [0.1, 0.15) is 11.6 Å². The van der Waals surface area contributed by atoms with Crippen molar-refractivity contribution in [2.75, 3.05) is 27.2 Å². The van der Waals surface area contributed by atoms with Crippen molar-refractivity contribution in [2.45, 2.75) is 37.3 Å². The van der Waals surface area contributed by atoms with E-state index in [0.717, 1.165) is 20.1 Å². The fraction of sp³-hybridized carbons (Fsp3) is 0.455. The van der Waals surface area contributed by atoms with Gasteiger partial charge in [-0.25, -0.2) is 4.39 Å². The molecule has 0 bridgehead atoms. The zero-order valence-electron chi connectivity index (χ0n) is 18.7. The van der Waals surface area contributed by atoms with E-state index in [1.54, 1.807) is 12.1 Å². The normalized spacial score (nSPS) is 19.4. The lowest BCUT2D eigenvalue weighted by atomic mass is 9.82. The number of methoxy groups -OCH3 is 1. The van der Waals surface area contributed by atoms with E-state index in [4.69, 9.17) is 4.74 Å². The molecule has 0 spiro atoms. The number of halogens is 7. The number of rotatable bonds is 5. The van der Waals surface area contributed by atoms with Crippen LogP contribution in [0.15, 0.2) is 36.4 Å². The first kappa shape index (κ1) is 27.8. The third-order valence-electron chi connectivity index (χ3n) is 5.75. The number of hydrazine groups is 1. The molecule has 1 atom stereocenters. The molecule has 1 unspecified atom stereocenters. The van der Waals surface area contributed by atoms with Gasteiger partial charge in [-0.1, -0.05) is 12.1 Å². The van der Waals surface area contributed by atoms with Crippen molar-refractivity contribution >= 4 is 0 Å². The lowest BCUT2D eigenvalue weighted by Crippen LogP contribution is -2.53. The highest BCUT2D eigenvalue weighted by molar-refractivity contribution is 5.46. The van der Waals surface area contributed by atoms with Crippen LogP contribution in [0.4, 0.5) is 30.7 Å². The van der Waals surface area contributed by atoms with Crippen molar-refractivity contribution in [3.8, 4) is 5.75 Å². The molecule has 190 valence electrons. The molecule has 2 aromatic rings. The van der Waals surface area contributed by atoms with Crippen molar-refractivity contribution < 1.29 is 35.5 Å². The van der Waals surface area contributed by atoms with Crippen LogP contribution in [0.1, 0.15) is 35.1 Å². The first-order valence-corrected chi connectivity index (χ1v) is 10.2. The predicted molar refractivity (Wildman–Crippen MR) is 113 cm³/mol. The van der Waals surface area contributed by atoms with Crippen molar-refractivity contribution in [3.63, 3.8) is 0 Å². The number of nitrogens with one attached hydrogen (secondary N) is 1. The van der Waals surface area contributed by atoms with Gasteiger partial charge in [0.25, 0.3) is 0 Å². The number of nitrogens with two attached hydrogens (primary N) is 2. The largest absolute Gasteiger partial charge is 0.496 e. The van der Waals surface area contributed by atoms with Crippen LogP contribution < -0.4 is 21.7 Å². The molecule has 2 aromatic carbocycles. The number of alkyl halides is 6. The fourth-order valence-electron chi connectivity index (χ4n) is 4.20. The summed E-state index contributed by atoms with van der Waals surface area (Å²) in [5.74, 6) is 7.05. The molecule has 5 nitrogen and oxygen atoms in total. The molecule has 5 N–H and O–H groups in total. The lowest BCUT2D eigenvalue weighted by molar-refractivity contribution is -0.143. The van der Waals surface area contributed by atoms with Crippen molar-refractivity contribution in [3.05, 3.63) is 64.5 Å². The van der Waals surface area contributed by atoms with E-state index in [-0.39, 0.29) is 12.6 Å². The van der Waals surface area contributed by atoms with E-state index < -0.39 is 46.1 Å². The highest BCUT2D eigenvalue weighted by Gasteiger charge is 2.41. The van der Waals surface area contributed by atoms with Gasteiger partial charge in [-0.15, -0.1) is 0 Å². The van der Waals surface area contributed by atoms with E-state index in [9.17, 15) is 30.7 Å². The minimum atomic E-state index is -5.02. The van der Waals surface area contributed by atoms with E-state index in [0.29, 0.717) is 24.6 Å². The van der Waals surface area contributed by atoms with E-state index in [1.807, 2.05) is 11.9 Å². The SMILES string of the molecule is COc1cc(C(F)(F)F)cc(C(F)(F)F)c1CNC1(c2ccc(F)cc2)CCCN(C)C1.NN. The highest BCUT2D eigenvalue weighted by Crippen LogP contribution is 2.42. The minimum Gasteiger partial charge on any atom is -0.496 e. The predicted octanol–water partition coefficient (Wildman–Crippen LogP) is 4.40. The molecule has 1 heterocycles. The topological polar surface area (TPSA) is 76.5 Å². The fourth-order valence-corrected chi connectivity index (χ4v) is 4.20. The van der Waals surface area contributed by atoms with Crippen LogP contribution in [-0.4, -0.2) is 32.1 Å². The molecule has 1 fully saturated rings. The van der Waals surface area contributed by atoms with Crippen LogP contribution in [0.5, 0.6) is 5.75 Å². The Kier molecular flexibility index (Phi) is 8.92. The maximum absolute atomic E-state index is 13.7. The third-order valence-corrected chi connectivity index (χ3v) is 5.75. The molecule has 1 aliphatic rings. The van der Waals surface area contributed by atoms with Gasteiger partial charge in [0.2, 0.25) is 0 Å². The van der Waals surface area contributed by atoms with Crippen LogP contribution >= 0.6 is 0 Å². The molecule has 12 heteroatoms. The van der Waals surface area contributed by atoms with Gasteiger partial charge < -0.3 is 15.0 Å². The van der Waals surface area contributed by atoms with Gasteiger partial charge >= 0.3 is 12.4 Å². The first-order valence-electron chi connectivity index (χ1n) is 10.2. The minimum absolute atomic E-state index is 0.108. The summed E-state index contributed by atoms with van der Waals surface area (Å²) in [7, 11) is 2.89. The monoisotopic (exact) mass is 496 g/mol. The zero-order chi connectivity index (χ0) is 25.7. The Morgan fingerprint density at radius 2 is 1.65 bits per heavy atom. The second-order valence-corrected chi connectivity index (χ2v) is 7.98. The number of benzene rings is 2. The second kappa shape index (κ2) is 10.9. The van der Waals surface area contributed by atoms with Crippen molar-refractivity contribution in [2.24, 2.45) is 11.7 Å². The molecule has 34 heavy (non-hydrogen) atoms. The van der Waals surface area contributed by atoms with E-state index in [2.05, 4.69) is 17.0 Å². The quantitative estimate of drug-likeness (QED) is 0.325. The maximum Gasteiger partial charge on any atom is 0.416 e. The molecule has 0 aliphatic carbocycles. The van der Waals surface area contributed by atoms with Gasteiger partial charge in [0.05, 0.1) is 23.8 Å². The van der Waals surface area contributed by atoms with Crippen LogP contribution in [0.3, 0.4) is 0 Å². The molecule has 0 saturated carbocycles. The molecule has 0 aromatic heterocycles. The molecule has 3 rings (SSSR count). The third kappa shape index (κ3) is 6.38. The number of ether oxygens (including phenoxy) is 1. The lowest BCUT2D eigenvalue weighted by Gasteiger charge is -2.43. The Labute approximate surface area is 192 Å². The smallest absolute Gasteiger partial charge is 0.416 e. The van der Waals surface area contributed by atoms with Crippen LogP contribution in [0.2, 0.25) is 0 Å². The summed E-state index contributed by atoms with van der Waals surface area (Å²) in [6.07, 6.45) is -8.68. The Bertz CT molecular complexity index is 948. The number of hydrogen-bond donors (Lipinski definition) is 3. The summed E-state index contributed by atoms with van der Waals surface area (Å²) in [5.41, 5.74) is -3.38. The molecule has 1 aliphatic heterocycles. The second-order valence-electron chi connectivity index (χ2n) is 7.98. The average Bonchev–Trinajstić information content (AvgIpc) is 2.77. The standard InChI is InChI=1S/C22H23F7N2O.H4N2/c1-31-9-3-8-20(13-31,14-4-6-16(23)7-5-14)30-12-17-18(22(27,28)29)10-15(21(24,25)26)11-19(17)32-2;1-2/h4-7,10-11,30H,3,8-9,12-13H2,1-2H3;1-2H2. The van der Waals surface area contributed by atoms with Gasteiger partial charge in [0, 0.05) is 18.7 Å². The first-order chi connectivity index (χ1) is 15.9. The summed E-state index contributed by atoms with van der Waals surface area (Å²) in [5, 5.41) is 3.14. The zero-order valence-corrected chi connectivity index (χ0v) is 18.7. The molecule has 0 radical (unpaired) electrons. The summed E-state index contributed by atoms with van der Waals surface area (Å²) in [4.78, 5) is 1.99. The van der Waals surface area contributed by atoms with Crippen LogP contribution in [-0.2, 0) is 24.4 Å². The molecule has 1 saturated heterocycles. The molecule has 0 amide bonds. The Morgan fingerprint density at radius 1 is 1.03 bits per heavy atom. The number of likely N-dealkylation sites (tertiary alicyclic amines) is 1. The van der Waals surface area contributed by atoms with Crippen LogP contribution in [0.25, 0.3) is 0 Å². The summed E-state index contributed by atoms with van der Waals surface area (Å²) < 4.78 is 99.1. The Morgan fingerprint density at radius 3 is 2.15 bits per heavy atom. The van der Waals surface area contributed by atoms with Crippen LogP contribution in [0, 0.1) is 5.82 Å². The summed E-state index contributed by atoms with van der Waals surface area (Å²) >= 11 is 0. The van der Waals surface area contributed by atoms with Crippen molar-refractivity contribution in [1.29, 1.82) is 0 Å². The average molecular weight is 496 g/mol. The van der Waals surface area contributed by atoms with E-state index in [1.165, 1.54) is 12.1 Å². The molecular formula is C22H27F7N4O. The molecular weight excluding hydrogens is 469 g/mol. The maximum atomic E-state index is 13.7. The Balaban J connectivity index is 0.00000199. The van der Waals surface area contributed by atoms with Gasteiger partial charge in [-0.05, 0) is 56.3 Å². The van der Waals surface area contributed by atoms with Gasteiger partial charge in [-0.3, -0.25) is 11.7 Å².